The maximum absolute atomic E-state index is 12.7. The summed E-state index contributed by atoms with van der Waals surface area (Å²) in [5.74, 6) is -0.413. The molecule has 4 rings (SSSR count). The monoisotopic (exact) mass is 354 g/mol. The highest BCUT2D eigenvalue weighted by Crippen LogP contribution is 2.30. The molecule has 2 amide bonds. The van der Waals surface area contributed by atoms with Crippen LogP contribution in [0.15, 0.2) is 30.3 Å². The molecule has 2 atom stereocenters. The van der Waals surface area contributed by atoms with E-state index in [0.717, 1.165) is 12.8 Å². The standard InChI is InChI=1S/C18H21F3N2O2/c19-18(20,21)9-8-16(24)23-11-13-6-7-15(23)12-22(10-13)17(25)14-4-2-1-3-5-14/h1-5,13,15H,6-12H2/t13-,15+/m0/s1. The maximum atomic E-state index is 12.7. The second-order valence-electron chi connectivity index (χ2n) is 6.83. The van der Waals surface area contributed by atoms with Gasteiger partial charge in [-0.1, -0.05) is 18.2 Å². The number of hydrogen-bond acceptors (Lipinski definition) is 2. The average Bonchev–Trinajstić information content (AvgIpc) is 2.91. The van der Waals surface area contributed by atoms with E-state index in [1.54, 1.807) is 34.1 Å². The maximum Gasteiger partial charge on any atom is 0.389 e. The first kappa shape index (κ1) is 17.8. The molecule has 3 heterocycles. The summed E-state index contributed by atoms with van der Waals surface area (Å²) >= 11 is 0. The first-order valence-corrected chi connectivity index (χ1v) is 8.54. The molecule has 0 unspecified atom stereocenters. The van der Waals surface area contributed by atoms with Crippen LogP contribution in [0.2, 0.25) is 0 Å². The van der Waals surface area contributed by atoms with Gasteiger partial charge in [0.05, 0.1) is 6.42 Å². The Labute approximate surface area is 144 Å². The summed E-state index contributed by atoms with van der Waals surface area (Å²) in [6.07, 6.45) is -4.30. The molecule has 0 aliphatic carbocycles. The molecule has 0 aromatic heterocycles. The van der Waals surface area contributed by atoms with E-state index in [1.165, 1.54) is 0 Å². The van der Waals surface area contributed by atoms with Gasteiger partial charge in [0.15, 0.2) is 0 Å². The minimum atomic E-state index is -4.32. The van der Waals surface area contributed by atoms with Gasteiger partial charge >= 0.3 is 6.18 Å². The normalized spacial score (nSPS) is 23.5. The number of alkyl halides is 3. The summed E-state index contributed by atoms with van der Waals surface area (Å²) in [5.41, 5.74) is 0.596. The number of benzene rings is 1. The SMILES string of the molecule is O=C(c1ccccc1)N1C[C@@H]2CC[C@H](C1)N(C(=O)CCC(F)(F)F)C2. The summed E-state index contributed by atoms with van der Waals surface area (Å²) in [6, 6.07) is 8.75. The van der Waals surface area contributed by atoms with Gasteiger partial charge < -0.3 is 9.80 Å². The summed E-state index contributed by atoms with van der Waals surface area (Å²) in [6.45, 7) is 1.38. The molecule has 136 valence electrons. The van der Waals surface area contributed by atoms with Crippen molar-refractivity contribution in [3.63, 3.8) is 0 Å². The largest absolute Gasteiger partial charge is 0.389 e. The summed E-state index contributed by atoms with van der Waals surface area (Å²) in [4.78, 5) is 28.2. The van der Waals surface area contributed by atoms with Gasteiger partial charge in [-0.3, -0.25) is 9.59 Å². The Hall–Kier alpha value is -2.05. The second-order valence-corrected chi connectivity index (χ2v) is 6.83. The van der Waals surface area contributed by atoms with Crippen molar-refractivity contribution in [1.82, 2.24) is 9.80 Å². The summed E-state index contributed by atoms with van der Waals surface area (Å²) in [7, 11) is 0. The Morgan fingerprint density at radius 3 is 2.44 bits per heavy atom. The Bertz CT molecular complexity index is 633. The van der Waals surface area contributed by atoms with E-state index in [-0.39, 0.29) is 17.9 Å². The zero-order valence-electron chi connectivity index (χ0n) is 13.8. The van der Waals surface area contributed by atoms with Crippen LogP contribution >= 0.6 is 0 Å². The Morgan fingerprint density at radius 1 is 1.04 bits per heavy atom. The van der Waals surface area contributed by atoms with Crippen LogP contribution in [0.4, 0.5) is 13.2 Å². The van der Waals surface area contributed by atoms with Crippen LogP contribution in [-0.4, -0.2) is 53.5 Å². The highest BCUT2D eigenvalue weighted by Gasteiger charge is 2.39. The van der Waals surface area contributed by atoms with Gasteiger partial charge in [-0.2, -0.15) is 13.2 Å². The van der Waals surface area contributed by atoms with Crippen molar-refractivity contribution < 1.29 is 22.8 Å². The number of carbonyl (C=O) groups excluding carboxylic acids is 2. The third-order valence-electron chi connectivity index (χ3n) is 4.96. The van der Waals surface area contributed by atoms with Gasteiger partial charge in [0.1, 0.15) is 0 Å². The second kappa shape index (κ2) is 7.06. The molecule has 3 aliphatic rings. The van der Waals surface area contributed by atoms with E-state index in [1.807, 2.05) is 6.07 Å². The van der Waals surface area contributed by atoms with Crippen LogP contribution in [0.5, 0.6) is 0 Å². The molecule has 0 radical (unpaired) electrons. The number of fused-ring (bicyclic) bond motifs is 4. The first-order chi connectivity index (χ1) is 11.8. The number of amides is 2. The highest BCUT2D eigenvalue weighted by molar-refractivity contribution is 5.94. The van der Waals surface area contributed by atoms with Crippen molar-refractivity contribution in [3.8, 4) is 0 Å². The van der Waals surface area contributed by atoms with Crippen molar-refractivity contribution in [2.75, 3.05) is 19.6 Å². The quantitative estimate of drug-likeness (QED) is 0.837. The smallest absolute Gasteiger partial charge is 0.338 e. The molecule has 3 fully saturated rings. The third kappa shape index (κ3) is 4.32. The van der Waals surface area contributed by atoms with Crippen LogP contribution in [0, 0.1) is 5.92 Å². The molecule has 2 bridgehead atoms. The predicted octanol–water partition coefficient (Wildman–Crippen LogP) is 3.09. The zero-order chi connectivity index (χ0) is 18.0. The Balaban J connectivity index is 1.68. The van der Waals surface area contributed by atoms with E-state index < -0.39 is 24.9 Å². The topological polar surface area (TPSA) is 40.6 Å². The van der Waals surface area contributed by atoms with Crippen LogP contribution in [0.25, 0.3) is 0 Å². The lowest BCUT2D eigenvalue weighted by atomic mass is 9.94. The number of piperidine rings is 1. The fourth-order valence-corrected chi connectivity index (χ4v) is 3.71. The van der Waals surface area contributed by atoms with Crippen LogP contribution in [-0.2, 0) is 4.79 Å². The zero-order valence-corrected chi connectivity index (χ0v) is 13.8. The van der Waals surface area contributed by atoms with Crippen LogP contribution in [0.1, 0.15) is 36.0 Å². The van der Waals surface area contributed by atoms with Gasteiger partial charge in [-0.25, -0.2) is 0 Å². The first-order valence-electron chi connectivity index (χ1n) is 8.54. The lowest BCUT2D eigenvalue weighted by molar-refractivity contribution is -0.151. The van der Waals surface area contributed by atoms with E-state index >= 15 is 0 Å². The van der Waals surface area contributed by atoms with E-state index in [9.17, 15) is 22.8 Å². The molecular weight excluding hydrogens is 333 g/mol. The number of rotatable bonds is 3. The van der Waals surface area contributed by atoms with Gasteiger partial charge in [-0.05, 0) is 30.9 Å². The van der Waals surface area contributed by atoms with Crippen molar-refractivity contribution in [2.45, 2.75) is 37.9 Å². The highest BCUT2D eigenvalue weighted by atomic mass is 19.4. The number of hydrogen-bond donors (Lipinski definition) is 0. The summed E-state index contributed by atoms with van der Waals surface area (Å²) in [5, 5.41) is 0. The van der Waals surface area contributed by atoms with Crippen molar-refractivity contribution in [2.24, 2.45) is 5.92 Å². The summed E-state index contributed by atoms with van der Waals surface area (Å²) < 4.78 is 37.1. The Kier molecular flexibility index (Phi) is 5.01. The van der Waals surface area contributed by atoms with Crippen LogP contribution in [0.3, 0.4) is 0 Å². The van der Waals surface area contributed by atoms with E-state index in [4.69, 9.17) is 0 Å². The van der Waals surface area contributed by atoms with Crippen LogP contribution < -0.4 is 0 Å². The molecule has 3 saturated heterocycles. The molecular formula is C18H21F3N2O2. The lowest BCUT2D eigenvalue weighted by Gasteiger charge is -2.36. The average molecular weight is 354 g/mol. The molecule has 1 aromatic rings. The fourth-order valence-electron chi connectivity index (χ4n) is 3.71. The lowest BCUT2D eigenvalue weighted by Crippen LogP contribution is -2.47. The van der Waals surface area contributed by atoms with Gasteiger partial charge in [0.25, 0.3) is 5.91 Å². The van der Waals surface area contributed by atoms with Crippen molar-refractivity contribution in [3.05, 3.63) is 35.9 Å². The molecule has 0 spiro atoms. The van der Waals surface area contributed by atoms with Crippen molar-refractivity contribution >= 4 is 11.8 Å². The molecule has 4 nitrogen and oxygen atoms in total. The van der Waals surface area contributed by atoms with E-state index in [2.05, 4.69) is 0 Å². The van der Waals surface area contributed by atoms with Gasteiger partial charge in [0, 0.05) is 37.7 Å². The molecule has 25 heavy (non-hydrogen) atoms. The minimum Gasteiger partial charge on any atom is -0.338 e. The molecule has 0 saturated carbocycles. The fraction of sp³-hybridized carbons (Fsp3) is 0.556. The van der Waals surface area contributed by atoms with Gasteiger partial charge in [0.2, 0.25) is 5.91 Å². The molecule has 0 N–H and O–H groups in total. The van der Waals surface area contributed by atoms with Gasteiger partial charge in [-0.15, -0.1) is 0 Å². The Morgan fingerprint density at radius 2 is 1.76 bits per heavy atom. The number of carbonyl (C=O) groups is 2. The molecule has 7 heteroatoms. The van der Waals surface area contributed by atoms with E-state index in [0.29, 0.717) is 25.2 Å². The molecule has 1 aromatic carbocycles. The van der Waals surface area contributed by atoms with Crippen molar-refractivity contribution in [1.29, 1.82) is 0 Å². The number of halogens is 3. The third-order valence-corrected chi connectivity index (χ3v) is 4.96. The predicted molar refractivity (Wildman–Crippen MR) is 85.9 cm³/mol. The minimum absolute atomic E-state index is 0.0814. The molecule has 3 aliphatic heterocycles. The number of nitrogens with zero attached hydrogens (tertiary/aromatic N) is 2.